The molecule has 0 unspecified atom stereocenters. The zero-order valence-corrected chi connectivity index (χ0v) is 29.2. The Bertz CT molecular complexity index is 1870. The quantitative estimate of drug-likeness (QED) is 0.155. The molecule has 6 heteroatoms. The van der Waals surface area contributed by atoms with Crippen LogP contribution in [-0.2, 0) is 31.0 Å². The first kappa shape index (κ1) is 34.2. The summed E-state index contributed by atoms with van der Waals surface area (Å²) in [6, 6.07) is 17.0. The molecule has 3 aromatic rings. The van der Waals surface area contributed by atoms with Gasteiger partial charge >= 0.3 is 11.9 Å². The van der Waals surface area contributed by atoms with Gasteiger partial charge in [-0.25, -0.2) is 0 Å². The highest BCUT2D eigenvalue weighted by molar-refractivity contribution is 6.03. The van der Waals surface area contributed by atoms with Crippen LogP contribution in [-0.4, -0.2) is 46.6 Å². The van der Waals surface area contributed by atoms with Crippen molar-refractivity contribution in [1.29, 1.82) is 0 Å². The second-order valence-corrected chi connectivity index (χ2v) is 14.1. The zero-order chi connectivity index (χ0) is 33.8. The second-order valence-electron chi connectivity index (χ2n) is 14.1. The van der Waals surface area contributed by atoms with Gasteiger partial charge in [-0.05, 0) is 75.7 Å². The first-order chi connectivity index (χ1) is 22.4. The Morgan fingerprint density at radius 3 is 2.28 bits per heavy atom. The number of allylic oxidation sites excluding steroid dienone is 4. The second kappa shape index (κ2) is 14.3. The monoisotopic (exact) mass is 635 g/mol. The average Bonchev–Trinajstić information content (AvgIpc) is 3.39. The van der Waals surface area contributed by atoms with Crippen molar-refractivity contribution in [1.82, 2.24) is 4.57 Å². The van der Waals surface area contributed by atoms with Gasteiger partial charge in [-0.1, -0.05) is 62.9 Å². The summed E-state index contributed by atoms with van der Waals surface area (Å²) >= 11 is 0. The number of carbonyl (C=O) groups excluding carboxylic acids is 2. The van der Waals surface area contributed by atoms with E-state index in [1.165, 1.54) is 28.1 Å². The molecule has 248 valence electrons. The lowest BCUT2D eigenvalue weighted by Crippen LogP contribution is -2.30. The molecule has 1 aliphatic carbocycles. The van der Waals surface area contributed by atoms with E-state index in [-0.39, 0.29) is 22.8 Å². The Morgan fingerprint density at radius 1 is 0.894 bits per heavy atom. The molecular formula is C41H51N2O4+. The molecule has 0 amide bonds. The Morgan fingerprint density at radius 2 is 1.55 bits per heavy atom. The Kier molecular flexibility index (Phi) is 10.4. The molecule has 0 saturated carbocycles. The Hall–Kier alpha value is -4.19. The molecule has 2 aliphatic rings. The number of ether oxygens (including phenoxy) is 2. The Balaban J connectivity index is 1.56. The van der Waals surface area contributed by atoms with Crippen LogP contribution < -0.4 is 10.6 Å². The lowest BCUT2D eigenvalue weighted by atomic mass is 9.73. The Labute approximate surface area is 279 Å². The van der Waals surface area contributed by atoms with Gasteiger partial charge in [0.15, 0.2) is 5.71 Å². The summed E-state index contributed by atoms with van der Waals surface area (Å²) in [5.41, 5.74) is 7.38. The van der Waals surface area contributed by atoms with E-state index in [2.05, 4.69) is 110 Å². The van der Waals surface area contributed by atoms with Gasteiger partial charge < -0.3 is 14.0 Å². The predicted molar refractivity (Wildman–Crippen MR) is 191 cm³/mol. The third-order valence-electron chi connectivity index (χ3n) is 9.44. The van der Waals surface area contributed by atoms with Gasteiger partial charge in [-0.3, -0.25) is 9.59 Å². The molecule has 2 heterocycles. The molecule has 5 rings (SSSR count). The highest BCUT2D eigenvalue weighted by Gasteiger charge is 2.44. The summed E-state index contributed by atoms with van der Waals surface area (Å²) < 4.78 is 15.1. The fraction of sp³-hybridized carbons (Fsp3) is 0.439. The molecule has 1 aromatic heterocycles. The van der Waals surface area contributed by atoms with Crippen LogP contribution in [0.2, 0.25) is 0 Å². The third-order valence-corrected chi connectivity index (χ3v) is 9.44. The standard InChI is InChI=1S/C41H51N2O4/c1-8-46-38(44)20-14-22-42-34-18-12-10-16-32(34)29(3)36(42)25-30-24-31(28-40(4,5)27-30)26-37-41(6,7)33-17-11-13-19-35(33)43(37)23-15-21-39(45)47-9-2/h10-13,16-19,24-26H,3,8-9,14-15,20-23,27-28H2,1-2,4-7H3/q+1. The summed E-state index contributed by atoms with van der Waals surface area (Å²) in [4.78, 5) is 24.3. The van der Waals surface area contributed by atoms with Crippen LogP contribution in [0.15, 0.2) is 71.8 Å². The minimum atomic E-state index is -0.182. The number of aromatic nitrogens is 1. The van der Waals surface area contributed by atoms with Crippen LogP contribution >= 0.6 is 0 Å². The number of benzene rings is 2. The van der Waals surface area contributed by atoms with Crippen molar-refractivity contribution >= 4 is 46.9 Å². The molecule has 0 N–H and O–H groups in total. The number of esters is 2. The van der Waals surface area contributed by atoms with Crippen molar-refractivity contribution < 1.29 is 23.6 Å². The van der Waals surface area contributed by atoms with E-state index >= 15 is 0 Å². The van der Waals surface area contributed by atoms with Gasteiger partial charge in [-0.2, -0.15) is 4.58 Å². The average molecular weight is 636 g/mol. The molecule has 0 spiro atoms. The predicted octanol–water partition coefficient (Wildman–Crippen LogP) is 7.27. The third kappa shape index (κ3) is 7.53. The summed E-state index contributed by atoms with van der Waals surface area (Å²) in [5.74, 6) is -0.292. The van der Waals surface area contributed by atoms with E-state index in [0.717, 1.165) is 47.3 Å². The van der Waals surface area contributed by atoms with E-state index in [9.17, 15) is 9.59 Å². The van der Waals surface area contributed by atoms with Crippen molar-refractivity contribution in [2.45, 2.75) is 92.0 Å². The molecule has 0 fully saturated rings. The highest BCUT2D eigenvalue weighted by atomic mass is 16.5. The van der Waals surface area contributed by atoms with E-state index in [1.807, 2.05) is 13.8 Å². The summed E-state index contributed by atoms with van der Waals surface area (Å²) in [6.07, 6.45) is 11.2. The first-order valence-corrected chi connectivity index (χ1v) is 17.2. The van der Waals surface area contributed by atoms with Gasteiger partial charge in [0, 0.05) is 58.6 Å². The number of hydrogen-bond acceptors (Lipinski definition) is 4. The largest absolute Gasteiger partial charge is 0.466 e. The van der Waals surface area contributed by atoms with Gasteiger partial charge in [0.25, 0.3) is 0 Å². The fourth-order valence-electron chi connectivity index (χ4n) is 7.42. The maximum Gasteiger partial charge on any atom is 0.306 e. The lowest BCUT2D eigenvalue weighted by Gasteiger charge is -2.30. The summed E-state index contributed by atoms with van der Waals surface area (Å²) in [5, 5.41) is 3.25. The van der Waals surface area contributed by atoms with Crippen molar-refractivity contribution in [2.75, 3.05) is 19.8 Å². The van der Waals surface area contributed by atoms with Crippen LogP contribution in [0.1, 0.15) is 85.6 Å². The molecule has 0 bridgehead atoms. The normalized spacial score (nSPS) is 18.0. The van der Waals surface area contributed by atoms with Crippen LogP contribution in [0.5, 0.6) is 0 Å². The number of hydrogen-bond donors (Lipinski definition) is 0. The lowest BCUT2D eigenvalue weighted by molar-refractivity contribution is -0.438. The van der Waals surface area contributed by atoms with Crippen molar-refractivity contribution in [3.05, 3.63) is 88.0 Å². The fourth-order valence-corrected chi connectivity index (χ4v) is 7.42. The van der Waals surface area contributed by atoms with Crippen LogP contribution in [0.4, 0.5) is 5.69 Å². The van der Waals surface area contributed by atoms with Gasteiger partial charge in [0.2, 0.25) is 5.69 Å². The summed E-state index contributed by atoms with van der Waals surface area (Å²) in [7, 11) is 0. The topological polar surface area (TPSA) is 60.5 Å². The van der Waals surface area contributed by atoms with E-state index < -0.39 is 0 Å². The number of para-hydroxylation sites is 2. The van der Waals surface area contributed by atoms with E-state index in [0.29, 0.717) is 39.0 Å². The summed E-state index contributed by atoms with van der Waals surface area (Å²) in [6.45, 7) is 19.8. The SMILES string of the molecule is C=c1/c(=C\C2=CC(=C/C3=[N+](CCCC(=O)OCC)c4ccccc4C3(C)C)/CC(C)(C)C2)n(CCCC(=O)OCC)c2ccccc12. The van der Waals surface area contributed by atoms with Crippen molar-refractivity contribution in [3.63, 3.8) is 0 Å². The highest BCUT2D eigenvalue weighted by Crippen LogP contribution is 2.43. The first-order valence-electron chi connectivity index (χ1n) is 17.2. The number of nitrogens with zero attached hydrogens (tertiary/aromatic N) is 2. The smallest absolute Gasteiger partial charge is 0.306 e. The van der Waals surface area contributed by atoms with Crippen LogP contribution in [0, 0.1) is 5.41 Å². The molecule has 47 heavy (non-hydrogen) atoms. The minimum absolute atomic E-state index is 0.0689. The maximum atomic E-state index is 12.2. The number of aryl methyl sites for hydroxylation is 1. The van der Waals surface area contributed by atoms with Crippen molar-refractivity contribution in [3.8, 4) is 0 Å². The van der Waals surface area contributed by atoms with Gasteiger partial charge in [-0.15, -0.1) is 0 Å². The minimum Gasteiger partial charge on any atom is -0.466 e. The molecule has 1 aliphatic heterocycles. The van der Waals surface area contributed by atoms with Gasteiger partial charge in [0.1, 0.15) is 6.54 Å². The maximum absolute atomic E-state index is 12.2. The molecule has 0 radical (unpaired) electrons. The number of fused-ring (bicyclic) bond motifs is 2. The zero-order valence-electron chi connectivity index (χ0n) is 29.2. The molecule has 0 saturated heterocycles. The van der Waals surface area contributed by atoms with E-state index in [4.69, 9.17) is 9.47 Å². The molecule has 0 atom stereocenters. The number of rotatable bonds is 12. The van der Waals surface area contributed by atoms with Gasteiger partial charge in [0.05, 0.1) is 25.0 Å². The van der Waals surface area contributed by atoms with Crippen LogP contribution in [0.25, 0.3) is 23.6 Å². The van der Waals surface area contributed by atoms with Crippen LogP contribution in [0.3, 0.4) is 0 Å². The molecular weight excluding hydrogens is 584 g/mol. The van der Waals surface area contributed by atoms with Crippen molar-refractivity contribution in [2.24, 2.45) is 5.41 Å². The number of carbonyl (C=O) groups is 2. The van der Waals surface area contributed by atoms with E-state index in [1.54, 1.807) is 0 Å². The molecule has 2 aromatic carbocycles. The molecule has 6 nitrogen and oxygen atoms in total.